The summed E-state index contributed by atoms with van der Waals surface area (Å²) in [7, 11) is 0. The fourth-order valence-electron chi connectivity index (χ4n) is 4.05. The molecule has 0 radical (unpaired) electrons. The van der Waals surface area contributed by atoms with Gasteiger partial charge < -0.3 is 10.7 Å². The molecular weight excluding hydrogens is 346 g/mol. The van der Waals surface area contributed by atoms with Crippen LogP contribution in [0, 0.1) is 5.41 Å². The predicted molar refractivity (Wildman–Crippen MR) is 114 cm³/mol. The van der Waals surface area contributed by atoms with Gasteiger partial charge in [0.2, 0.25) is 5.91 Å². The molecule has 4 nitrogen and oxygen atoms in total. The minimum Gasteiger partial charge on any atom is -0.352 e. The number of benzene rings is 3. The zero-order chi connectivity index (χ0) is 19.3. The van der Waals surface area contributed by atoms with Gasteiger partial charge in [-0.25, -0.2) is 0 Å². The molecule has 142 valence electrons. The lowest BCUT2D eigenvalue weighted by molar-refractivity contribution is -0.121. The molecule has 0 saturated carbocycles. The fourth-order valence-corrected chi connectivity index (χ4v) is 4.05. The highest BCUT2D eigenvalue weighted by atomic mass is 16.1. The van der Waals surface area contributed by atoms with Gasteiger partial charge >= 0.3 is 0 Å². The summed E-state index contributed by atoms with van der Waals surface area (Å²) >= 11 is 0. The Labute approximate surface area is 165 Å². The number of nitrogens with zero attached hydrogens (tertiary/aromatic N) is 1. The van der Waals surface area contributed by atoms with Crippen LogP contribution in [0.15, 0.2) is 66.7 Å². The van der Waals surface area contributed by atoms with E-state index in [1.807, 2.05) is 42.5 Å². The quantitative estimate of drug-likeness (QED) is 0.648. The third kappa shape index (κ3) is 4.12. The molecule has 1 aliphatic rings. The van der Waals surface area contributed by atoms with Crippen LogP contribution < -0.4 is 5.32 Å². The number of rotatable bonds is 6. The Morgan fingerprint density at radius 3 is 2.57 bits per heavy atom. The maximum absolute atomic E-state index is 12.7. The van der Waals surface area contributed by atoms with E-state index in [0.29, 0.717) is 6.42 Å². The first-order valence-electron chi connectivity index (χ1n) is 9.79. The molecule has 2 N–H and O–H groups in total. The van der Waals surface area contributed by atoms with Gasteiger partial charge in [-0.05, 0) is 33.9 Å². The average molecular weight is 371 g/mol. The maximum atomic E-state index is 12.7. The minimum absolute atomic E-state index is 0.0688. The van der Waals surface area contributed by atoms with Gasteiger partial charge in [0.15, 0.2) is 0 Å². The van der Waals surface area contributed by atoms with Gasteiger partial charge in [0.25, 0.3) is 0 Å². The Morgan fingerprint density at radius 2 is 1.79 bits per heavy atom. The maximum Gasteiger partial charge on any atom is 0.224 e. The molecule has 1 heterocycles. The molecule has 4 heteroatoms. The van der Waals surface area contributed by atoms with E-state index in [2.05, 4.69) is 34.5 Å². The van der Waals surface area contributed by atoms with Crippen molar-refractivity contribution in [2.75, 3.05) is 13.1 Å². The number of fused-ring (bicyclic) bond motifs is 1. The number of amides is 1. The van der Waals surface area contributed by atoms with E-state index in [1.165, 1.54) is 11.8 Å². The first-order chi connectivity index (χ1) is 13.7. The molecule has 1 fully saturated rings. The van der Waals surface area contributed by atoms with Crippen molar-refractivity contribution in [2.45, 2.75) is 25.4 Å². The SMILES string of the molecule is N=Cc1ccc(CC(=O)NC2CCN(Cc3ccccc3)C2)c2ccccc12. The highest BCUT2D eigenvalue weighted by Gasteiger charge is 2.24. The number of nitrogens with one attached hydrogen (secondary N) is 2. The highest BCUT2D eigenvalue weighted by molar-refractivity contribution is 6.01. The van der Waals surface area contributed by atoms with Crippen LogP contribution in [0.4, 0.5) is 0 Å². The van der Waals surface area contributed by atoms with Crippen molar-refractivity contribution >= 4 is 22.9 Å². The van der Waals surface area contributed by atoms with Crippen LogP contribution in [0.1, 0.15) is 23.1 Å². The van der Waals surface area contributed by atoms with E-state index < -0.39 is 0 Å². The molecule has 1 atom stereocenters. The van der Waals surface area contributed by atoms with Gasteiger partial charge in [0.05, 0.1) is 6.42 Å². The first-order valence-corrected chi connectivity index (χ1v) is 9.79. The molecule has 3 aromatic rings. The molecule has 0 bridgehead atoms. The van der Waals surface area contributed by atoms with Crippen molar-refractivity contribution in [3.8, 4) is 0 Å². The van der Waals surface area contributed by atoms with Crippen LogP contribution in [0.25, 0.3) is 10.8 Å². The van der Waals surface area contributed by atoms with Gasteiger partial charge in [-0.15, -0.1) is 0 Å². The molecule has 4 rings (SSSR count). The summed E-state index contributed by atoms with van der Waals surface area (Å²) in [4.78, 5) is 15.1. The van der Waals surface area contributed by atoms with E-state index in [9.17, 15) is 4.79 Å². The first kappa shape index (κ1) is 18.4. The largest absolute Gasteiger partial charge is 0.352 e. The summed E-state index contributed by atoms with van der Waals surface area (Å²) < 4.78 is 0. The van der Waals surface area contributed by atoms with Crippen LogP contribution in [-0.4, -0.2) is 36.2 Å². The van der Waals surface area contributed by atoms with Gasteiger partial charge in [0, 0.05) is 31.9 Å². The molecule has 1 saturated heterocycles. The van der Waals surface area contributed by atoms with Crippen LogP contribution in [0.3, 0.4) is 0 Å². The second-order valence-corrected chi connectivity index (χ2v) is 7.45. The lowest BCUT2D eigenvalue weighted by Gasteiger charge is -2.17. The van der Waals surface area contributed by atoms with Crippen molar-refractivity contribution in [3.63, 3.8) is 0 Å². The second-order valence-electron chi connectivity index (χ2n) is 7.45. The van der Waals surface area contributed by atoms with Gasteiger partial charge in [-0.3, -0.25) is 9.69 Å². The Morgan fingerprint density at radius 1 is 1.04 bits per heavy atom. The standard InChI is InChI=1S/C24H25N3O/c25-15-20-11-10-19(22-8-4-5-9-23(20)22)14-24(28)26-21-12-13-27(17-21)16-18-6-2-1-3-7-18/h1-11,15,21,25H,12-14,16-17H2,(H,26,28). The van der Waals surface area contributed by atoms with Gasteiger partial charge in [-0.2, -0.15) is 0 Å². The third-order valence-electron chi connectivity index (χ3n) is 5.44. The average Bonchev–Trinajstić information content (AvgIpc) is 3.15. The lowest BCUT2D eigenvalue weighted by atomic mass is 9.98. The molecule has 0 aliphatic carbocycles. The molecule has 1 amide bonds. The number of carbonyl (C=O) groups is 1. The van der Waals surface area contributed by atoms with Crippen molar-refractivity contribution in [2.24, 2.45) is 0 Å². The summed E-state index contributed by atoms with van der Waals surface area (Å²) in [6.07, 6.45) is 2.73. The smallest absolute Gasteiger partial charge is 0.224 e. The van der Waals surface area contributed by atoms with Crippen LogP contribution >= 0.6 is 0 Å². The predicted octanol–water partition coefficient (Wildman–Crippen LogP) is 3.77. The van der Waals surface area contributed by atoms with Crippen molar-refractivity contribution in [1.29, 1.82) is 5.41 Å². The number of hydrogen-bond acceptors (Lipinski definition) is 3. The van der Waals surface area contributed by atoms with E-state index in [1.54, 1.807) is 0 Å². The van der Waals surface area contributed by atoms with Crippen molar-refractivity contribution < 1.29 is 4.79 Å². The zero-order valence-corrected chi connectivity index (χ0v) is 15.9. The van der Waals surface area contributed by atoms with Gasteiger partial charge in [0.1, 0.15) is 0 Å². The van der Waals surface area contributed by atoms with Crippen molar-refractivity contribution in [3.05, 3.63) is 83.4 Å². The third-order valence-corrected chi connectivity index (χ3v) is 5.44. The Hall–Kier alpha value is -2.98. The van der Waals surface area contributed by atoms with Crippen LogP contribution in [-0.2, 0) is 17.8 Å². The number of hydrogen-bond donors (Lipinski definition) is 2. The van der Waals surface area contributed by atoms with Crippen molar-refractivity contribution in [1.82, 2.24) is 10.2 Å². The van der Waals surface area contributed by atoms with Crippen LogP contribution in [0.5, 0.6) is 0 Å². The summed E-state index contributed by atoms with van der Waals surface area (Å²) in [5.74, 6) is 0.0688. The minimum atomic E-state index is 0.0688. The van der Waals surface area contributed by atoms with E-state index in [0.717, 1.165) is 48.0 Å². The zero-order valence-electron chi connectivity index (χ0n) is 15.9. The topological polar surface area (TPSA) is 56.2 Å². The molecule has 3 aromatic carbocycles. The Balaban J connectivity index is 1.38. The van der Waals surface area contributed by atoms with E-state index >= 15 is 0 Å². The van der Waals surface area contributed by atoms with E-state index in [4.69, 9.17) is 5.41 Å². The molecule has 0 spiro atoms. The summed E-state index contributed by atoms with van der Waals surface area (Å²) in [5, 5.41) is 12.9. The molecular formula is C24H25N3O. The van der Waals surface area contributed by atoms with E-state index in [-0.39, 0.29) is 11.9 Å². The summed E-state index contributed by atoms with van der Waals surface area (Å²) in [6.45, 7) is 2.84. The van der Waals surface area contributed by atoms with Crippen LogP contribution in [0.2, 0.25) is 0 Å². The molecule has 1 aliphatic heterocycles. The number of carbonyl (C=O) groups excluding carboxylic acids is 1. The fraction of sp³-hybridized carbons (Fsp3) is 0.250. The lowest BCUT2D eigenvalue weighted by Crippen LogP contribution is -2.37. The molecule has 0 aromatic heterocycles. The Bertz CT molecular complexity index is 984. The highest BCUT2D eigenvalue weighted by Crippen LogP contribution is 2.22. The second kappa shape index (κ2) is 8.36. The number of likely N-dealkylation sites (tertiary alicyclic amines) is 1. The molecule has 28 heavy (non-hydrogen) atoms. The summed E-state index contributed by atoms with van der Waals surface area (Å²) in [5.41, 5.74) is 3.21. The van der Waals surface area contributed by atoms with Gasteiger partial charge in [-0.1, -0.05) is 66.7 Å². The molecule has 1 unspecified atom stereocenters. The normalized spacial score (nSPS) is 16.9. The monoisotopic (exact) mass is 371 g/mol. The summed E-state index contributed by atoms with van der Waals surface area (Å²) in [6, 6.07) is 22.6. The Kier molecular flexibility index (Phi) is 5.49.